The first-order chi connectivity index (χ1) is 11.1. The number of hydrogen-bond donors (Lipinski definition) is 1. The predicted molar refractivity (Wildman–Crippen MR) is 94.5 cm³/mol. The van der Waals surface area contributed by atoms with Gasteiger partial charge in [0.2, 0.25) is 0 Å². The second-order valence-corrected chi connectivity index (χ2v) is 6.37. The van der Waals surface area contributed by atoms with E-state index in [1.807, 2.05) is 42.5 Å². The van der Waals surface area contributed by atoms with Crippen LogP contribution in [0.25, 0.3) is 0 Å². The lowest BCUT2D eigenvalue weighted by atomic mass is 10.1. The zero-order valence-corrected chi connectivity index (χ0v) is 14.3. The minimum absolute atomic E-state index is 0.472. The monoisotopic (exact) mass is 313 g/mol. The lowest BCUT2D eigenvalue weighted by molar-refractivity contribution is 0.102. The molecule has 3 heteroatoms. The lowest BCUT2D eigenvalue weighted by Gasteiger charge is -2.27. The summed E-state index contributed by atoms with van der Waals surface area (Å²) in [6, 6.07) is 18.0. The van der Waals surface area contributed by atoms with Crippen LogP contribution >= 0.6 is 0 Å². The van der Waals surface area contributed by atoms with Gasteiger partial charge in [-0.05, 0) is 29.2 Å². The molecule has 0 radical (unpaired) electrons. The smallest absolute Gasteiger partial charge is 0.119 e. The van der Waals surface area contributed by atoms with Gasteiger partial charge in [-0.15, -0.1) is 0 Å². The van der Waals surface area contributed by atoms with Gasteiger partial charge >= 0.3 is 0 Å². The van der Waals surface area contributed by atoms with Crippen LogP contribution in [-0.4, -0.2) is 30.2 Å². The van der Waals surface area contributed by atoms with E-state index in [0.717, 1.165) is 24.4 Å². The maximum absolute atomic E-state index is 10.5. The van der Waals surface area contributed by atoms with Gasteiger partial charge in [0.15, 0.2) is 0 Å². The molecule has 2 rings (SSSR count). The average molecular weight is 313 g/mol. The number of methoxy groups -OCH3 is 1. The van der Waals surface area contributed by atoms with Gasteiger partial charge in [-0.2, -0.15) is 0 Å². The van der Waals surface area contributed by atoms with Gasteiger partial charge in [0.1, 0.15) is 5.75 Å². The molecule has 124 valence electrons. The number of aliphatic hydroxyl groups is 1. The van der Waals surface area contributed by atoms with Crippen molar-refractivity contribution >= 4 is 0 Å². The maximum atomic E-state index is 10.5. The Kier molecular flexibility index (Phi) is 6.63. The van der Waals surface area contributed by atoms with E-state index in [9.17, 15) is 5.11 Å². The highest BCUT2D eigenvalue weighted by Crippen LogP contribution is 2.19. The summed E-state index contributed by atoms with van der Waals surface area (Å²) >= 11 is 0. The Morgan fingerprint density at radius 2 is 1.74 bits per heavy atom. The molecule has 0 aliphatic carbocycles. The molecule has 0 aliphatic rings. The molecule has 0 spiro atoms. The van der Waals surface area contributed by atoms with Crippen LogP contribution in [0.5, 0.6) is 5.75 Å². The van der Waals surface area contributed by atoms with E-state index in [-0.39, 0.29) is 0 Å². The van der Waals surface area contributed by atoms with Gasteiger partial charge in [-0.1, -0.05) is 56.3 Å². The molecule has 0 saturated carbocycles. The second-order valence-electron chi connectivity index (χ2n) is 6.37. The molecular weight excluding hydrogens is 286 g/mol. The van der Waals surface area contributed by atoms with Crippen LogP contribution in [0.15, 0.2) is 54.6 Å². The van der Waals surface area contributed by atoms with E-state index in [1.54, 1.807) is 7.11 Å². The minimum Gasteiger partial charge on any atom is -0.497 e. The summed E-state index contributed by atoms with van der Waals surface area (Å²) in [5.41, 5.74) is 2.16. The molecule has 1 atom stereocenters. The molecular formula is C20H27NO2. The van der Waals surface area contributed by atoms with E-state index in [0.29, 0.717) is 12.5 Å². The molecule has 0 bridgehead atoms. The third kappa shape index (κ3) is 5.70. The highest BCUT2D eigenvalue weighted by Gasteiger charge is 2.15. The fraction of sp³-hybridized carbons (Fsp3) is 0.400. The van der Waals surface area contributed by atoms with Crippen molar-refractivity contribution in [3.05, 3.63) is 65.7 Å². The Hall–Kier alpha value is -1.84. The second kappa shape index (κ2) is 8.70. The van der Waals surface area contributed by atoms with Crippen molar-refractivity contribution in [2.75, 3.05) is 20.2 Å². The Balaban J connectivity index is 2.07. The standard InChI is InChI=1S/C20H27NO2/c1-16(2)13-21(14-17-8-7-11-19(12-17)23-3)15-20(22)18-9-5-4-6-10-18/h4-12,16,20,22H,13-15H2,1-3H3/t20-/m0/s1. The van der Waals surface area contributed by atoms with E-state index in [2.05, 4.69) is 30.9 Å². The molecule has 2 aromatic carbocycles. The van der Waals surface area contributed by atoms with Crippen LogP contribution in [0.3, 0.4) is 0 Å². The van der Waals surface area contributed by atoms with Crippen molar-refractivity contribution in [3.8, 4) is 5.75 Å². The SMILES string of the molecule is COc1cccc(CN(CC(C)C)C[C@H](O)c2ccccc2)c1. The summed E-state index contributed by atoms with van der Waals surface area (Å²) < 4.78 is 5.30. The van der Waals surface area contributed by atoms with E-state index < -0.39 is 6.10 Å². The molecule has 0 amide bonds. The van der Waals surface area contributed by atoms with E-state index >= 15 is 0 Å². The first-order valence-corrected chi connectivity index (χ1v) is 8.16. The van der Waals surface area contributed by atoms with Gasteiger partial charge in [0.05, 0.1) is 13.2 Å². The van der Waals surface area contributed by atoms with Crippen molar-refractivity contribution in [2.45, 2.75) is 26.5 Å². The molecule has 0 saturated heterocycles. The highest BCUT2D eigenvalue weighted by atomic mass is 16.5. The largest absolute Gasteiger partial charge is 0.497 e. The minimum atomic E-state index is -0.472. The molecule has 0 aliphatic heterocycles. The fourth-order valence-corrected chi connectivity index (χ4v) is 2.77. The Labute approximate surface area is 139 Å². The zero-order valence-electron chi connectivity index (χ0n) is 14.3. The molecule has 0 unspecified atom stereocenters. The first-order valence-electron chi connectivity index (χ1n) is 8.16. The maximum Gasteiger partial charge on any atom is 0.119 e. The molecule has 1 N–H and O–H groups in total. The van der Waals surface area contributed by atoms with E-state index in [1.165, 1.54) is 5.56 Å². The summed E-state index contributed by atoms with van der Waals surface area (Å²) in [7, 11) is 1.68. The number of hydrogen-bond acceptors (Lipinski definition) is 3. The molecule has 0 heterocycles. The van der Waals surface area contributed by atoms with Crippen LogP contribution in [0, 0.1) is 5.92 Å². The van der Waals surface area contributed by atoms with E-state index in [4.69, 9.17) is 4.74 Å². The Morgan fingerprint density at radius 3 is 2.39 bits per heavy atom. The Morgan fingerprint density at radius 1 is 1.00 bits per heavy atom. The summed E-state index contributed by atoms with van der Waals surface area (Å²) in [6.45, 7) is 6.78. The summed E-state index contributed by atoms with van der Waals surface area (Å²) in [5.74, 6) is 1.42. The van der Waals surface area contributed by atoms with Crippen molar-refractivity contribution in [3.63, 3.8) is 0 Å². The van der Waals surface area contributed by atoms with Crippen LogP contribution in [0.1, 0.15) is 31.1 Å². The average Bonchev–Trinajstić information content (AvgIpc) is 2.55. The van der Waals surface area contributed by atoms with Gasteiger partial charge in [-0.25, -0.2) is 0 Å². The first kappa shape index (κ1) is 17.5. The van der Waals surface area contributed by atoms with Crippen LogP contribution in [0.2, 0.25) is 0 Å². The molecule has 2 aromatic rings. The van der Waals surface area contributed by atoms with Crippen molar-refractivity contribution < 1.29 is 9.84 Å². The quantitative estimate of drug-likeness (QED) is 0.802. The van der Waals surface area contributed by atoms with Gasteiger partial charge in [0.25, 0.3) is 0 Å². The van der Waals surface area contributed by atoms with Crippen LogP contribution in [-0.2, 0) is 6.54 Å². The number of nitrogens with zero attached hydrogens (tertiary/aromatic N) is 1. The Bertz CT molecular complexity index is 583. The highest BCUT2D eigenvalue weighted by molar-refractivity contribution is 5.28. The van der Waals surface area contributed by atoms with Gasteiger partial charge in [-0.3, -0.25) is 4.90 Å². The summed E-state index contributed by atoms with van der Waals surface area (Å²) in [4.78, 5) is 2.30. The number of aliphatic hydroxyl groups excluding tert-OH is 1. The van der Waals surface area contributed by atoms with Gasteiger partial charge in [0, 0.05) is 19.6 Å². The fourth-order valence-electron chi connectivity index (χ4n) is 2.77. The van der Waals surface area contributed by atoms with Gasteiger partial charge < -0.3 is 9.84 Å². The van der Waals surface area contributed by atoms with Crippen molar-refractivity contribution in [1.82, 2.24) is 4.90 Å². The van der Waals surface area contributed by atoms with Crippen LogP contribution < -0.4 is 4.74 Å². The normalized spacial score (nSPS) is 12.6. The topological polar surface area (TPSA) is 32.7 Å². The molecule has 23 heavy (non-hydrogen) atoms. The number of rotatable bonds is 8. The zero-order chi connectivity index (χ0) is 16.7. The van der Waals surface area contributed by atoms with Crippen molar-refractivity contribution in [1.29, 1.82) is 0 Å². The number of ether oxygens (including phenoxy) is 1. The summed E-state index contributed by atoms with van der Waals surface area (Å²) in [5, 5.41) is 10.5. The molecule has 0 fully saturated rings. The molecule has 3 nitrogen and oxygen atoms in total. The van der Waals surface area contributed by atoms with Crippen LogP contribution in [0.4, 0.5) is 0 Å². The van der Waals surface area contributed by atoms with Crippen molar-refractivity contribution in [2.24, 2.45) is 5.92 Å². The predicted octanol–water partition coefficient (Wildman–Crippen LogP) is 3.89. The third-order valence-corrected chi connectivity index (χ3v) is 3.78. The number of benzene rings is 2. The lowest BCUT2D eigenvalue weighted by Crippen LogP contribution is -2.31. The molecule has 0 aromatic heterocycles. The third-order valence-electron chi connectivity index (χ3n) is 3.78. The summed E-state index contributed by atoms with van der Waals surface area (Å²) in [6.07, 6.45) is -0.472.